The number of aryl methyl sites for hydroxylation is 1. The van der Waals surface area contributed by atoms with Gasteiger partial charge in [-0.15, -0.1) is 21.5 Å². The highest BCUT2D eigenvalue weighted by Gasteiger charge is 2.07. The zero-order chi connectivity index (χ0) is 13.9. The summed E-state index contributed by atoms with van der Waals surface area (Å²) in [6, 6.07) is 7.55. The highest BCUT2D eigenvalue weighted by Crippen LogP contribution is 2.24. The third-order valence-corrected chi connectivity index (χ3v) is 3.59. The minimum absolute atomic E-state index is 0.446. The van der Waals surface area contributed by atoms with E-state index < -0.39 is 0 Å². The molecule has 0 unspecified atom stereocenters. The summed E-state index contributed by atoms with van der Waals surface area (Å²) in [5.74, 6) is 1.77. The SMILES string of the molecule is Cc1nnc(-c2cccc(OCc3cscc3N)c2)o1. The molecule has 2 aromatic heterocycles. The molecule has 102 valence electrons. The van der Waals surface area contributed by atoms with Crippen molar-refractivity contribution in [1.29, 1.82) is 0 Å². The van der Waals surface area contributed by atoms with Crippen LogP contribution in [0.5, 0.6) is 5.75 Å². The Morgan fingerprint density at radius 2 is 2.20 bits per heavy atom. The molecule has 0 atom stereocenters. The van der Waals surface area contributed by atoms with E-state index in [1.807, 2.05) is 35.0 Å². The normalized spacial score (nSPS) is 10.7. The van der Waals surface area contributed by atoms with Crippen LogP contribution in [-0.2, 0) is 6.61 Å². The van der Waals surface area contributed by atoms with Crippen LogP contribution in [0.15, 0.2) is 39.4 Å². The molecule has 0 amide bonds. The second-order valence-corrected chi connectivity index (χ2v) is 5.04. The van der Waals surface area contributed by atoms with Gasteiger partial charge in [0.25, 0.3) is 0 Å². The molecule has 2 heterocycles. The zero-order valence-electron chi connectivity index (χ0n) is 10.9. The van der Waals surface area contributed by atoms with Crippen LogP contribution in [-0.4, -0.2) is 10.2 Å². The van der Waals surface area contributed by atoms with E-state index in [9.17, 15) is 0 Å². The second-order valence-electron chi connectivity index (χ2n) is 4.30. The number of hydrogen-bond acceptors (Lipinski definition) is 6. The molecule has 0 fully saturated rings. The first kappa shape index (κ1) is 12.7. The van der Waals surface area contributed by atoms with Crippen molar-refractivity contribution < 1.29 is 9.15 Å². The van der Waals surface area contributed by atoms with E-state index in [0.29, 0.717) is 18.4 Å². The fourth-order valence-electron chi connectivity index (χ4n) is 1.74. The standard InChI is InChI=1S/C14H13N3O2S/c1-9-16-17-14(19-9)10-3-2-4-12(5-10)18-6-11-7-20-8-13(11)15/h2-5,7-8H,6,15H2,1H3. The number of ether oxygens (including phenoxy) is 1. The lowest BCUT2D eigenvalue weighted by Crippen LogP contribution is -1.97. The van der Waals surface area contributed by atoms with E-state index in [1.165, 1.54) is 0 Å². The van der Waals surface area contributed by atoms with Gasteiger partial charge in [0.2, 0.25) is 11.8 Å². The quantitative estimate of drug-likeness (QED) is 0.797. The van der Waals surface area contributed by atoms with Gasteiger partial charge < -0.3 is 14.9 Å². The van der Waals surface area contributed by atoms with Crippen molar-refractivity contribution in [3.8, 4) is 17.2 Å². The molecule has 20 heavy (non-hydrogen) atoms. The van der Waals surface area contributed by atoms with Gasteiger partial charge in [0.1, 0.15) is 12.4 Å². The topological polar surface area (TPSA) is 74.2 Å². The minimum Gasteiger partial charge on any atom is -0.489 e. The van der Waals surface area contributed by atoms with E-state index in [4.69, 9.17) is 14.9 Å². The number of rotatable bonds is 4. The first-order chi connectivity index (χ1) is 9.72. The summed E-state index contributed by atoms with van der Waals surface area (Å²) in [5.41, 5.74) is 8.42. The number of aromatic nitrogens is 2. The van der Waals surface area contributed by atoms with Gasteiger partial charge >= 0.3 is 0 Å². The number of anilines is 1. The molecule has 0 bridgehead atoms. The molecule has 0 saturated heterocycles. The molecule has 5 nitrogen and oxygen atoms in total. The molecule has 0 spiro atoms. The smallest absolute Gasteiger partial charge is 0.247 e. The van der Waals surface area contributed by atoms with Crippen molar-refractivity contribution >= 4 is 17.0 Å². The van der Waals surface area contributed by atoms with Crippen molar-refractivity contribution in [1.82, 2.24) is 10.2 Å². The molecule has 2 N–H and O–H groups in total. The van der Waals surface area contributed by atoms with Gasteiger partial charge in [0, 0.05) is 29.1 Å². The molecule has 0 aliphatic heterocycles. The number of nitrogens with two attached hydrogens (primary N) is 1. The molecule has 1 aromatic carbocycles. The van der Waals surface area contributed by atoms with Crippen molar-refractivity contribution in [3.63, 3.8) is 0 Å². The first-order valence-electron chi connectivity index (χ1n) is 6.06. The summed E-state index contributed by atoms with van der Waals surface area (Å²) in [5, 5.41) is 11.7. The lowest BCUT2D eigenvalue weighted by atomic mass is 10.2. The molecule has 3 aromatic rings. The Kier molecular flexibility index (Phi) is 3.39. The molecule has 6 heteroatoms. The lowest BCUT2D eigenvalue weighted by Gasteiger charge is -2.06. The molecule has 3 rings (SSSR count). The molecule has 0 aliphatic carbocycles. The summed E-state index contributed by atoms with van der Waals surface area (Å²) in [4.78, 5) is 0. The van der Waals surface area contributed by atoms with Gasteiger partial charge in [0.05, 0.1) is 0 Å². The fraction of sp³-hybridized carbons (Fsp3) is 0.143. The van der Waals surface area contributed by atoms with E-state index >= 15 is 0 Å². The Hall–Kier alpha value is -2.34. The maximum atomic E-state index is 5.83. The number of nitrogens with zero attached hydrogens (tertiary/aromatic N) is 2. The third-order valence-electron chi connectivity index (χ3n) is 2.78. The summed E-state index contributed by atoms with van der Waals surface area (Å²) in [7, 11) is 0. The Bertz CT molecular complexity index is 721. The van der Waals surface area contributed by atoms with Crippen LogP contribution in [0, 0.1) is 6.92 Å². The van der Waals surface area contributed by atoms with Crippen molar-refractivity contribution in [2.75, 3.05) is 5.73 Å². The molecular formula is C14H13N3O2S. The van der Waals surface area contributed by atoms with Crippen molar-refractivity contribution in [2.45, 2.75) is 13.5 Å². The maximum Gasteiger partial charge on any atom is 0.247 e. The zero-order valence-corrected chi connectivity index (χ0v) is 11.7. The number of thiophene rings is 1. The summed E-state index contributed by atoms with van der Waals surface area (Å²) < 4.78 is 11.1. The number of benzene rings is 1. The van der Waals surface area contributed by atoms with Crippen molar-refractivity contribution in [2.24, 2.45) is 0 Å². The average Bonchev–Trinajstić information content (AvgIpc) is 3.06. The van der Waals surface area contributed by atoms with Gasteiger partial charge in [-0.05, 0) is 23.6 Å². The Balaban J connectivity index is 1.76. The van der Waals surface area contributed by atoms with E-state index in [2.05, 4.69) is 10.2 Å². The van der Waals surface area contributed by atoms with E-state index in [0.717, 1.165) is 22.6 Å². The monoisotopic (exact) mass is 287 g/mol. The van der Waals surface area contributed by atoms with Gasteiger partial charge in [-0.25, -0.2) is 0 Å². The highest BCUT2D eigenvalue weighted by molar-refractivity contribution is 7.08. The first-order valence-corrected chi connectivity index (χ1v) is 7.00. The predicted molar refractivity (Wildman–Crippen MR) is 77.5 cm³/mol. The van der Waals surface area contributed by atoms with Crippen LogP contribution in [0.25, 0.3) is 11.5 Å². The second kappa shape index (κ2) is 5.34. The van der Waals surface area contributed by atoms with Gasteiger partial charge in [-0.1, -0.05) is 6.07 Å². The summed E-state index contributed by atoms with van der Waals surface area (Å²) in [6.07, 6.45) is 0. The predicted octanol–water partition coefficient (Wildman–Crippen LogP) is 3.27. The average molecular weight is 287 g/mol. The van der Waals surface area contributed by atoms with Crippen LogP contribution in [0.2, 0.25) is 0 Å². The van der Waals surface area contributed by atoms with E-state index in [1.54, 1.807) is 18.3 Å². The van der Waals surface area contributed by atoms with Crippen LogP contribution < -0.4 is 10.5 Å². The largest absolute Gasteiger partial charge is 0.489 e. The van der Waals surface area contributed by atoms with Crippen molar-refractivity contribution in [3.05, 3.63) is 46.5 Å². The maximum absolute atomic E-state index is 5.83. The van der Waals surface area contributed by atoms with Crippen LogP contribution in [0.1, 0.15) is 11.5 Å². The minimum atomic E-state index is 0.446. The van der Waals surface area contributed by atoms with Gasteiger partial charge in [-0.3, -0.25) is 0 Å². The molecular weight excluding hydrogens is 274 g/mol. The summed E-state index contributed by atoms with van der Waals surface area (Å²) in [6.45, 7) is 2.21. The number of nitrogen functional groups attached to an aromatic ring is 1. The number of hydrogen-bond donors (Lipinski definition) is 1. The van der Waals surface area contributed by atoms with Crippen LogP contribution in [0.4, 0.5) is 5.69 Å². The molecule has 0 saturated carbocycles. The molecule has 0 radical (unpaired) electrons. The van der Waals surface area contributed by atoms with Crippen LogP contribution in [0.3, 0.4) is 0 Å². The van der Waals surface area contributed by atoms with Gasteiger partial charge in [0.15, 0.2) is 0 Å². The third kappa shape index (κ3) is 2.65. The van der Waals surface area contributed by atoms with Gasteiger partial charge in [-0.2, -0.15) is 0 Å². The van der Waals surface area contributed by atoms with E-state index in [-0.39, 0.29) is 0 Å². The summed E-state index contributed by atoms with van der Waals surface area (Å²) >= 11 is 1.57. The Morgan fingerprint density at radius 1 is 1.30 bits per heavy atom. The lowest BCUT2D eigenvalue weighted by molar-refractivity contribution is 0.307. The fourth-order valence-corrected chi connectivity index (χ4v) is 2.48. The Morgan fingerprint density at radius 3 is 2.90 bits per heavy atom. The van der Waals surface area contributed by atoms with Crippen LogP contribution >= 0.6 is 11.3 Å². The Labute approximate surface area is 120 Å². The molecule has 0 aliphatic rings. The highest BCUT2D eigenvalue weighted by atomic mass is 32.1.